The van der Waals surface area contributed by atoms with Crippen LogP contribution in [0.2, 0.25) is 0 Å². The second-order valence-corrected chi connectivity index (χ2v) is 5.81. The lowest BCUT2D eigenvalue weighted by Crippen LogP contribution is -2.58. The molecule has 0 aromatic rings. The lowest BCUT2D eigenvalue weighted by Gasteiger charge is -2.44. The highest BCUT2D eigenvalue weighted by atomic mass is 19.3. The van der Waals surface area contributed by atoms with Gasteiger partial charge in [-0.1, -0.05) is 0 Å². The monoisotopic (exact) mass is 352 g/mol. The van der Waals surface area contributed by atoms with E-state index in [4.69, 9.17) is 14.6 Å². The molecule has 0 atom stereocenters. The van der Waals surface area contributed by atoms with Gasteiger partial charge in [-0.25, -0.2) is 4.79 Å². The third-order valence-corrected chi connectivity index (χ3v) is 4.26. The van der Waals surface area contributed by atoms with Gasteiger partial charge in [0.05, 0.1) is 0 Å². The lowest BCUT2D eigenvalue weighted by molar-refractivity contribution is -0.286. The van der Waals surface area contributed by atoms with Crippen molar-refractivity contribution < 1.29 is 50.8 Å². The highest BCUT2D eigenvalue weighted by molar-refractivity contribution is 5.77. The number of carbonyl (C=O) groups is 1. The third kappa shape index (κ3) is 2.89. The Balaban J connectivity index is 2.14. The maximum Gasteiger partial charge on any atom is 0.377 e. The summed E-state index contributed by atoms with van der Waals surface area (Å²) in [7, 11) is 0. The van der Waals surface area contributed by atoms with Crippen LogP contribution in [0.4, 0.5) is 26.3 Å². The molecule has 2 fully saturated rings. The molecule has 2 rings (SSSR count). The van der Waals surface area contributed by atoms with Crippen LogP contribution < -0.4 is 0 Å². The fourth-order valence-electron chi connectivity index (χ4n) is 2.54. The topological polar surface area (TPSA) is 76.0 Å². The van der Waals surface area contributed by atoms with Crippen LogP contribution in [-0.2, 0) is 14.3 Å². The molecule has 0 aromatic carbocycles. The van der Waals surface area contributed by atoms with E-state index in [0.717, 1.165) is 0 Å². The van der Waals surface area contributed by atoms with Gasteiger partial charge in [-0.05, 0) is 12.8 Å². The summed E-state index contributed by atoms with van der Waals surface area (Å²) in [5.41, 5.74) is -2.94. The number of aliphatic hydroxyl groups is 1. The molecule has 134 valence electrons. The Morgan fingerprint density at radius 1 is 0.913 bits per heavy atom. The molecule has 23 heavy (non-hydrogen) atoms. The molecule has 0 aromatic heterocycles. The first kappa shape index (κ1) is 18.3. The Labute approximate surface area is 126 Å². The van der Waals surface area contributed by atoms with Crippen LogP contribution in [0.5, 0.6) is 0 Å². The van der Waals surface area contributed by atoms with Crippen LogP contribution in [-0.4, -0.2) is 58.6 Å². The number of carboxylic acid groups (broad SMARTS) is 1. The molecule has 1 saturated carbocycles. The van der Waals surface area contributed by atoms with E-state index in [2.05, 4.69) is 0 Å². The van der Waals surface area contributed by atoms with Crippen LogP contribution >= 0.6 is 0 Å². The zero-order valence-electron chi connectivity index (χ0n) is 11.6. The fourth-order valence-corrected chi connectivity index (χ4v) is 2.54. The lowest BCUT2D eigenvalue weighted by atomic mass is 9.77. The van der Waals surface area contributed by atoms with Crippen molar-refractivity contribution in [3.8, 4) is 0 Å². The van der Waals surface area contributed by atoms with Crippen LogP contribution in [0.1, 0.15) is 25.7 Å². The number of alkyl halides is 6. The number of carboxylic acids is 1. The molecule has 2 N–H and O–H groups in total. The summed E-state index contributed by atoms with van der Waals surface area (Å²) in [4.78, 5) is 10.5. The summed E-state index contributed by atoms with van der Waals surface area (Å²) in [5.74, 6) is -18.0. The first-order chi connectivity index (χ1) is 10.3. The average molecular weight is 352 g/mol. The smallest absolute Gasteiger partial charge is 0.377 e. The zero-order chi connectivity index (χ0) is 17.7. The van der Waals surface area contributed by atoms with Gasteiger partial charge in [0.25, 0.3) is 0 Å². The first-order valence-corrected chi connectivity index (χ1v) is 6.64. The normalized spacial score (nSPS) is 29.0. The second kappa shape index (κ2) is 5.21. The summed E-state index contributed by atoms with van der Waals surface area (Å²) in [6, 6.07) is 0. The van der Waals surface area contributed by atoms with Crippen molar-refractivity contribution in [3.05, 3.63) is 0 Å². The quantitative estimate of drug-likeness (QED) is 0.744. The summed E-state index contributed by atoms with van der Waals surface area (Å²) in [6.45, 7) is -3.35. The molecular weight excluding hydrogens is 338 g/mol. The van der Waals surface area contributed by atoms with Crippen molar-refractivity contribution in [1.82, 2.24) is 0 Å². The SMILES string of the molecule is O=C(O)C(F)(F)C1(O)CCC2(CC1)OCC(F)(F)C(F)(F)CO2. The summed E-state index contributed by atoms with van der Waals surface area (Å²) < 4.78 is 89.3. The number of hydrogen-bond acceptors (Lipinski definition) is 4. The van der Waals surface area contributed by atoms with Crippen molar-refractivity contribution in [1.29, 1.82) is 0 Å². The first-order valence-electron chi connectivity index (χ1n) is 6.64. The second-order valence-electron chi connectivity index (χ2n) is 5.81. The van der Waals surface area contributed by atoms with Crippen LogP contribution in [0.15, 0.2) is 0 Å². The van der Waals surface area contributed by atoms with Gasteiger partial charge in [0.15, 0.2) is 5.79 Å². The van der Waals surface area contributed by atoms with Crippen molar-refractivity contribution in [2.24, 2.45) is 0 Å². The van der Waals surface area contributed by atoms with Gasteiger partial charge >= 0.3 is 23.7 Å². The van der Waals surface area contributed by atoms with E-state index in [1.165, 1.54) is 0 Å². The predicted octanol–water partition coefficient (Wildman–Crippen LogP) is 2.03. The number of aliphatic carboxylic acids is 1. The molecule has 0 bridgehead atoms. The van der Waals surface area contributed by atoms with Gasteiger partial charge in [0, 0.05) is 12.8 Å². The van der Waals surface area contributed by atoms with E-state index in [1.807, 2.05) is 0 Å². The van der Waals surface area contributed by atoms with E-state index in [0.29, 0.717) is 0 Å². The van der Waals surface area contributed by atoms with E-state index in [1.54, 1.807) is 0 Å². The van der Waals surface area contributed by atoms with Gasteiger partial charge in [0.1, 0.15) is 18.8 Å². The average Bonchev–Trinajstić information content (AvgIpc) is 2.53. The minimum atomic E-state index is -4.49. The van der Waals surface area contributed by atoms with E-state index in [9.17, 15) is 36.2 Å². The summed E-state index contributed by atoms with van der Waals surface area (Å²) >= 11 is 0. The predicted molar refractivity (Wildman–Crippen MR) is 60.5 cm³/mol. The molecule has 2 aliphatic rings. The van der Waals surface area contributed by atoms with Crippen molar-refractivity contribution in [2.45, 2.75) is 54.8 Å². The molecule has 1 heterocycles. The maximum atomic E-state index is 13.5. The molecule has 0 radical (unpaired) electrons. The molecule has 1 spiro atoms. The molecule has 1 saturated heterocycles. The third-order valence-electron chi connectivity index (χ3n) is 4.26. The Morgan fingerprint density at radius 2 is 1.30 bits per heavy atom. The fraction of sp³-hybridized carbons (Fsp3) is 0.917. The molecular formula is C12H14F6O5. The highest BCUT2D eigenvalue weighted by Crippen LogP contribution is 2.48. The van der Waals surface area contributed by atoms with E-state index < -0.39 is 74.0 Å². The Bertz CT molecular complexity index is 466. The number of rotatable bonds is 2. The minimum absolute atomic E-state index is 0.626. The van der Waals surface area contributed by atoms with Gasteiger partial charge in [0.2, 0.25) is 0 Å². The molecule has 1 aliphatic carbocycles. The van der Waals surface area contributed by atoms with Gasteiger partial charge in [-0.2, -0.15) is 26.3 Å². The highest BCUT2D eigenvalue weighted by Gasteiger charge is 2.65. The van der Waals surface area contributed by atoms with Crippen molar-refractivity contribution >= 4 is 5.97 Å². The van der Waals surface area contributed by atoms with Crippen molar-refractivity contribution in [2.75, 3.05) is 13.2 Å². The number of halogens is 6. The van der Waals surface area contributed by atoms with Crippen LogP contribution in [0.3, 0.4) is 0 Å². The van der Waals surface area contributed by atoms with Gasteiger partial charge in [-0.3, -0.25) is 0 Å². The molecule has 0 amide bonds. The number of ether oxygens (including phenoxy) is 2. The molecule has 5 nitrogen and oxygen atoms in total. The molecule has 0 unspecified atom stereocenters. The van der Waals surface area contributed by atoms with Gasteiger partial charge in [-0.15, -0.1) is 0 Å². The summed E-state index contributed by atoms with van der Waals surface area (Å²) in [5, 5.41) is 18.3. The van der Waals surface area contributed by atoms with E-state index in [-0.39, 0.29) is 0 Å². The minimum Gasteiger partial charge on any atom is -0.477 e. The zero-order valence-corrected chi connectivity index (χ0v) is 11.6. The Hall–Kier alpha value is -1.07. The van der Waals surface area contributed by atoms with Gasteiger partial charge < -0.3 is 19.7 Å². The standard InChI is InChI=1S/C12H14F6O5/c13-10(14)5-22-9(23-6-11(10,15)16)3-1-8(21,2-4-9)12(17,18)7(19)20/h21H,1-6H2,(H,19,20). The molecule has 1 aliphatic heterocycles. The molecule has 11 heteroatoms. The summed E-state index contributed by atoms with van der Waals surface area (Å²) in [6.07, 6.45) is -3.00. The van der Waals surface area contributed by atoms with Crippen LogP contribution in [0.25, 0.3) is 0 Å². The van der Waals surface area contributed by atoms with Crippen molar-refractivity contribution in [3.63, 3.8) is 0 Å². The Kier molecular flexibility index (Phi) is 4.14. The number of hydrogen-bond donors (Lipinski definition) is 2. The van der Waals surface area contributed by atoms with Crippen LogP contribution in [0, 0.1) is 0 Å². The van der Waals surface area contributed by atoms with E-state index >= 15 is 0 Å². The maximum absolute atomic E-state index is 13.5. The largest absolute Gasteiger partial charge is 0.477 e. The Morgan fingerprint density at radius 3 is 1.65 bits per heavy atom.